The van der Waals surface area contributed by atoms with E-state index in [2.05, 4.69) is 19.8 Å². The van der Waals surface area contributed by atoms with Crippen LogP contribution in [0.4, 0.5) is 5.95 Å². The summed E-state index contributed by atoms with van der Waals surface area (Å²) in [5.74, 6) is 0.491. The van der Waals surface area contributed by atoms with E-state index in [-0.39, 0.29) is 11.3 Å². The predicted molar refractivity (Wildman–Crippen MR) is 90.7 cm³/mol. The van der Waals surface area contributed by atoms with Crippen molar-refractivity contribution in [2.45, 2.75) is 19.9 Å². The number of hydrogen-bond donors (Lipinski definition) is 1. The first-order valence-electron chi connectivity index (χ1n) is 7.96. The van der Waals surface area contributed by atoms with Crippen LogP contribution in [0.15, 0.2) is 9.59 Å². The molecule has 3 heterocycles. The van der Waals surface area contributed by atoms with E-state index in [0.29, 0.717) is 11.6 Å². The number of anilines is 1. The zero-order valence-corrected chi connectivity index (χ0v) is 14.4. The SMILES string of the molecule is CC(=O)[C@H](C)n1c(N2CCN(C)CC2)nc2c1c(=O)[nH]c(=O)n2C. The van der Waals surface area contributed by atoms with Crippen LogP contribution in [0, 0.1) is 0 Å². The van der Waals surface area contributed by atoms with Gasteiger partial charge in [-0.3, -0.25) is 23.7 Å². The lowest BCUT2D eigenvalue weighted by atomic mass is 10.2. The maximum atomic E-state index is 12.4. The summed E-state index contributed by atoms with van der Waals surface area (Å²) in [6.07, 6.45) is 0. The molecular formula is C15H22N6O3. The van der Waals surface area contributed by atoms with Crippen LogP contribution in [0.25, 0.3) is 11.2 Å². The molecule has 0 aromatic carbocycles. The van der Waals surface area contributed by atoms with Gasteiger partial charge in [0.25, 0.3) is 5.56 Å². The quantitative estimate of drug-likeness (QED) is 0.799. The molecule has 0 spiro atoms. The summed E-state index contributed by atoms with van der Waals surface area (Å²) in [6, 6.07) is -0.539. The highest BCUT2D eigenvalue weighted by atomic mass is 16.2. The molecule has 1 aliphatic rings. The summed E-state index contributed by atoms with van der Waals surface area (Å²) in [4.78, 5) is 47.3. The Morgan fingerprint density at radius 2 is 1.79 bits per heavy atom. The van der Waals surface area contributed by atoms with E-state index in [0.717, 1.165) is 26.2 Å². The number of imidazole rings is 1. The van der Waals surface area contributed by atoms with Crippen molar-refractivity contribution in [2.75, 3.05) is 38.1 Å². The highest BCUT2D eigenvalue weighted by Crippen LogP contribution is 2.25. The molecule has 1 N–H and O–H groups in total. The van der Waals surface area contributed by atoms with Crippen molar-refractivity contribution < 1.29 is 4.79 Å². The fourth-order valence-electron chi connectivity index (χ4n) is 2.97. The molecule has 0 radical (unpaired) electrons. The number of aromatic amines is 1. The molecule has 1 aliphatic heterocycles. The number of H-pyrrole nitrogens is 1. The van der Waals surface area contributed by atoms with Gasteiger partial charge in [-0.15, -0.1) is 0 Å². The van der Waals surface area contributed by atoms with Crippen molar-refractivity contribution in [2.24, 2.45) is 7.05 Å². The first kappa shape index (κ1) is 16.4. The van der Waals surface area contributed by atoms with Crippen LogP contribution in [0.5, 0.6) is 0 Å². The minimum atomic E-state index is -0.539. The summed E-state index contributed by atoms with van der Waals surface area (Å²) in [6.45, 7) is 6.46. The van der Waals surface area contributed by atoms with Crippen molar-refractivity contribution in [3.05, 3.63) is 20.8 Å². The third-order valence-corrected chi connectivity index (χ3v) is 4.69. The molecule has 9 nitrogen and oxygen atoms in total. The van der Waals surface area contributed by atoms with Gasteiger partial charge in [-0.1, -0.05) is 0 Å². The number of likely N-dealkylation sites (N-methyl/N-ethyl adjacent to an activating group) is 1. The zero-order valence-electron chi connectivity index (χ0n) is 14.4. The second-order valence-corrected chi connectivity index (χ2v) is 6.35. The monoisotopic (exact) mass is 334 g/mol. The second kappa shape index (κ2) is 5.90. The van der Waals surface area contributed by atoms with Gasteiger partial charge in [0.1, 0.15) is 0 Å². The van der Waals surface area contributed by atoms with Gasteiger partial charge in [-0.05, 0) is 20.9 Å². The number of aryl methyl sites for hydroxylation is 1. The number of Topliss-reactive ketones (excluding diaryl/α,β-unsaturated/α-hetero) is 1. The van der Waals surface area contributed by atoms with Gasteiger partial charge < -0.3 is 9.80 Å². The minimum absolute atomic E-state index is 0.0714. The molecule has 9 heteroatoms. The van der Waals surface area contributed by atoms with Crippen LogP contribution >= 0.6 is 0 Å². The van der Waals surface area contributed by atoms with Crippen LogP contribution in [0.2, 0.25) is 0 Å². The normalized spacial score (nSPS) is 17.4. The second-order valence-electron chi connectivity index (χ2n) is 6.35. The lowest BCUT2D eigenvalue weighted by molar-refractivity contribution is -0.119. The number of ketones is 1. The summed E-state index contributed by atoms with van der Waals surface area (Å²) in [5.41, 5.74) is -0.480. The molecule has 0 aliphatic carbocycles. The highest BCUT2D eigenvalue weighted by Gasteiger charge is 2.27. The van der Waals surface area contributed by atoms with Crippen LogP contribution in [0.3, 0.4) is 0 Å². The Labute approximate surface area is 138 Å². The van der Waals surface area contributed by atoms with Crippen LogP contribution < -0.4 is 16.1 Å². The van der Waals surface area contributed by atoms with Crippen LogP contribution in [0.1, 0.15) is 19.9 Å². The zero-order chi connectivity index (χ0) is 17.6. The molecule has 1 fully saturated rings. The molecule has 1 saturated heterocycles. The Morgan fingerprint density at radius 3 is 2.38 bits per heavy atom. The summed E-state index contributed by atoms with van der Waals surface area (Å²) in [7, 11) is 3.61. The van der Waals surface area contributed by atoms with Gasteiger partial charge in [0.15, 0.2) is 16.9 Å². The number of carbonyl (C=O) groups is 1. The van der Waals surface area contributed by atoms with Gasteiger partial charge in [-0.25, -0.2) is 4.79 Å². The van der Waals surface area contributed by atoms with E-state index in [9.17, 15) is 14.4 Å². The highest BCUT2D eigenvalue weighted by molar-refractivity contribution is 5.84. The Hall–Kier alpha value is -2.42. The van der Waals surface area contributed by atoms with Crippen molar-refractivity contribution in [1.29, 1.82) is 0 Å². The van der Waals surface area contributed by atoms with E-state index in [4.69, 9.17) is 0 Å². The minimum Gasteiger partial charge on any atom is -0.340 e. The molecule has 130 valence electrons. The molecule has 24 heavy (non-hydrogen) atoms. The first-order chi connectivity index (χ1) is 11.3. The topological polar surface area (TPSA) is 96.2 Å². The Kier molecular flexibility index (Phi) is 4.04. The summed E-state index contributed by atoms with van der Waals surface area (Å²) >= 11 is 0. The predicted octanol–water partition coefficient (Wildman–Crippen LogP) is -0.675. The Morgan fingerprint density at radius 1 is 1.17 bits per heavy atom. The van der Waals surface area contributed by atoms with E-state index in [1.165, 1.54) is 11.5 Å². The molecule has 3 rings (SSSR count). The smallest absolute Gasteiger partial charge is 0.329 e. The van der Waals surface area contributed by atoms with Gasteiger partial charge in [0, 0.05) is 33.2 Å². The van der Waals surface area contributed by atoms with Crippen molar-refractivity contribution in [3.63, 3.8) is 0 Å². The van der Waals surface area contributed by atoms with Crippen LogP contribution in [-0.2, 0) is 11.8 Å². The van der Waals surface area contributed by atoms with Gasteiger partial charge in [0.2, 0.25) is 5.95 Å². The Bertz CT molecular complexity index is 900. The number of aromatic nitrogens is 4. The average Bonchev–Trinajstić information content (AvgIpc) is 2.93. The third-order valence-electron chi connectivity index (χ3n) is 4.69. The van der Waals surface area contributed by atoms with Gasteiger partial charge in [-0.2, -0.15) is 4.98 Å². The number of piperazine rings is 1. The van der Waals surface area contributed by atoms with Crippen molar-refractivity contribution >= 4 is 22.9 Å². The lowest BCUT2D eigenvalue weighted by Crippen LogP contribution is -2.45. The maximum absolute atomic E-state index is 12.4. The lowest BCUT2D eigenvalue weighted by Gasteiger charge is -2.33. The van der Waals surface area contributed by atoms with Gasteiger partial charge in [0.05, 0.1) is 6.04 Å². The van der Waals surface area contributed by atoms with E-state index < -0.39 is 17.3 Å². The first-order valence-corrected chi connectivity index (χ1v) is 7.96. The fourth-order valence-corrected chi connectivity index (χ4v) is 2.97. The van der Waals surface area contributed by atoms with Crippen molar-refractivity contribution in [3.8, 4) is 0 Å². The fraction of sp³-hybridized carbons (Fsp3) is 0.600. The molecule has 1 atom stereocenters. The number of hydrogen-bond acceptors (Lipinski definition) is 6. The summed E-state index contributed by atoms with van der Waals surface area (Å²) < 4.78 is 2.96. The molecule has 0 amide bonds. The average molecular weight is 334 g/mol. The maximum Gasteiger partial charge on any atom is 0.329 e. The third kappa shape index (κ3) is 2.54. The number of carbonyl (C=O) groups excluding carboxylic acids is 1. The standard InChI is InChI=1S/C15H22N6O3/c1-9(10(2)22)21-11-12(19(4)15(24)17-13(11)23)16-14(21)20-7-5-18(3)6-8-20/h9H,5-8H2,1-4H3,(H,17,23,24)/t9-/m0/s1. The van der Waals surface area contributed by atoms with E-state index >= 15 is 0 Å². The van der Waals surface area contributed by atoms with E-state index in [1.54, 1.807) is 18.5 Å². The Balaban J connectivity index is 2.28. The van der Waals surface area contributed by atoms with E-state index in [1.807, 2.05) is 7.05 Å². The number of fused-ring (bicyclic) bond motifs is 1. The molecule has 2 aromatic rings. The molecular weight excluding hydrogens is 312 g/mol. The van der Waals surface area contributed by atoms with Crippen molar-refractivity contribution in [1.82, 2.24) is 24.0 Å². The molecule has 0 bridgehead atoms. The molecule has 2 aromatic heterocycles. The molecule has 0 saturated carbocycles. The number of nitrogens with one attached hydrogen (secondary N) is 1. The summed E-state index contributed by atoms with van der Waals surface area (Å²) in [5, 5.41) is 0. The number of rotatable bonds is 3. The largest absolute Gasteiger partial charge is 0.340 e. The van der Waals surface area contributed by atoms with Crippen LogP contribution in [-0.4, -0.2) is 63.0 Å². The van der Waals surface area contributed by atoms with Gasteiger partial charge >= 0.3 is 5.69 Å². The number of nitrogens with zero attached hydrogens (tertiary/aromatic N) is 5. The molecule has 0 unspecified atom stereocenters.